The highest BCUT2D eigenvalue weighted by Gasteiger charge is 2.13. The molecule has 2 aromatic rings. The number of non-ortho nitro benzene ring substituents is 1. The van der Waals surface area contributed by atoms with Crippen LogP contribution in [0.3, 0.4) is 0 Å². The van der Waals surface area contributed by atoms with Crippen LogP contribution >= 0.6 is 11.6 Å². The second kappa shape index (κ2) is 10.4. The molecule has 0 spiro atoms. The number of carbonyl (C=O) groups is 1. The molecule has 0 saturated heterocycles. The van der Waals surface area contributed by atoms with Crippen molar-refractivity contribution in [1.29, 1.82) is 0 Å². The van der Waals surface area contributed by atoms with Crippen molar-refractivity contribution in [1.82, 2.24) is 5.43 Å². The fraction of sp³-hybridized carbons (Fsp3) is 0.300. The number of hydrogen-bond acceptors (Lipinski definition) is 6. The normalized spacial score (nSPS) is 10.9. The first-order chi connectivity index (χ1) is 13.8. The van der Waals surface area contributed by atoms with Crippen molar-refractivity contribution in [2.24, 2.45) is 11.0 Å². The maximum atomic E-state index is 12.1. The molecule has 0 unspecified atom stereocenters. The molecule has 0 heterocycles. The topological polar surface area (TPSA) is 103 Å². The second-order valence-corrected chi connectivity index (χ2v) is 6.88. The fourth-order valence-electron chi connectivity index (χ4n) is 2.28. The lowest BCUT2D eigenvalue weighted by atomic mass is 10.2. The molecule has 0 fully saturated rings. The minimum absolute atomic E-state index is 0.0945. The van der Waals surface area contributed by atoms with Crippen molar-refractivity contribution >= 4 is 29.4 Å². The molecular weight excluding hydrogens is 398 g/mol. The summed E-state index contributed by atoms with van der Waals surface area (Å²) in [6, 6.07) is 8.58. The van der Waals surface area contributed by atoms with E-state index in [-0.39, 0.29) is 11.3 Å². The number of hydrogen-bond donors (Lipinski definition) is 1. The highest BCUT2D eigenvalue weighted by molar-refractivity contribution is 6.32. The van der Waals surface area contributed by atoms with Gasteiger partial charge < -0.3 is 9.47 Å². The van der Waals surface area contributed by atoms with E-state index in [9.17, 15) is 14.9 Å². The first-order valence-electron chi connectivity index (χ1n) is 8.98. The Labute approximate surface area is 173 Å². The maximum Gasteiger partial charge on any atom is 0.271 e. The zero-order valence-electron chi connectivity index (χ0n) is 16.3. The number of nitro groups is 1. The summed E-state index contributed by atoms with van der Waals surface area (Å²) in [5.41, 5.74) is 3.13. The largest absolute Gasteiger partial charge is 0.490 e. The van der Waals surface area contributed by atoms with Crippen molar-refractivity contribution in [3.05, 3.63) is 62.7 Å². The van der Waals surface area contributed by atoms with E-state index in [2.05, 4.69) is 10.5 Å². The van der Waals surface area contributed by atoms with Crippen LogP contribution < -0.4 is 14.9 Å². The molecular formula is C20H22ClN3O5. The summed E-state index contributed by atoms with van der Waals surface area (Å²) in [5, 5.41) is 14.9. The van der Waals surface area contributed by atoms with E-state index in [0.29, 0.717) is 41.2 Å². The van der Waals surface area contributed by atoms with E-state index < -0.39 is 10.8 Å². The Hall–Kier alpha value is -3.13. The number of halogens is 1. The third kappa shape index (κ3) is 6.46. The summed E-state index contributed by atoms with van der Waals surface area (Å²) >= 11 is 6.32. The third-order valence-electron chi connectivity index (χ3n) is 3.61. The molecule has 0 radical (unpaired) electrons. The SMILES string of the molecule is CCOc1cc(/C=N/NC(=O)c2ccc([N+](=O)[O-])cc2)cc(Cl)c1OCC(C)C. The predicted octanol–water partition coefficient (Wildman–Crippen LogP) is 4.45. The Morgan fingerprint density at radius 3 is 2.55 bits per heavy atom. The van der Waals surface area contributed by atoms with Gasteiger partial charge >= 0.3 is 0 Å². The average molecular weight is 420 g/mol. The highest BCUT2D eigenvalue weighted by atomic mass is 35.5. The number of benzene rings is 2. The first kappa shape index (κ1) is 22.2. The molecule has 0 saturated carbocycles. The van der Waals surface area contributed by atoms with E-state index >= 15 is 0 Å². The number of nitrogens with one attached hydrogen (secondary N) is 1. The minimum atomic E-state index is -0.534. The van der Waals surface area contributed by atoms with Gasteiger partial charge in [-0.25, -0.2) is 5.43 Å². The van der Waals surface area contributed by atoms with E-state index in [4.69, 9.17) is 21.1 Å². The number of carbonyl (C=O) groups excluding carboxylic acids is 1. The molecule has 0 aliphatic heterocycles. The molecule has 0 atom stereocenters. The van der Waals surface area contributed by atoms with Crippen LogP contribution in [0.2, 0.25) is 5.02 Å². The lowest BCUT2D eigenvalue weighted by Gasteiger charge is -2.15. The van der Waals surface area contributed by atoms with Crippen LogP contribution in [0.5, 0.6) is 11.5 Å². The Kier molecular flexibility index (Phi) is 7.97. The number of nitrogens with zero attached hydrogens (tertiary/aromatic N) is 2. The van der Waals surface area contributed by atoms with Crippen LogP contribution in [0.25, 0.3) is 0 Å². The Bertz CT molecular complexity index is 898. The van der Waals surface area contributed by atoms with Crippen molar-refractivity contribution in [2.45, 2.75) is 20.8 Å². The molecule has 1 amide bonds. The lowest BCUT2D eigenvalue weighted by Crippen LogP contribution is -2.17. The van der Waals surface area contributed by atoms with Gasteiger partial charge in [0.1, 0.15) is 0 Å². The van der Waals surface area contributed by atoms with E-state index in [1.54, 1.807) is 12.1 Å². The van der Waals surface area contributed by atoms with Gasteiger partial charge in [-0.1, -0.05) is 25.4 Å². The predicted molar refractivity (Wildman–Crippen MR) is 111 cm³/mol. The number of ether oxygens (including phenoxy) is 2. The van der Waals surface area contributed by atoms with Gasteiger partial charge in [0, 0.05) is 17.7 Å². The summed E-state index contributed by atoms with van der Waals surface area (Å²) in [6.07, 6.45) is 1.42. The van der Waals surface area contributed by atoms with Gasteiger partial charge in [0.25, 0.3) is 11.6 Å². The van der Waals surface area contributed by atoms with Crippen molar-refractivity contribution < 1.29 is 19.2 Å². The monoisotopic (exact) mass is 419 g/mol. The minimum Gasteiger partial charge on any atom is -0.490 e. The quantitative estimate of drug-likeness (QED) is 0.367. The summed E-state index contributed by atoms with van der Waals surface area (Å²) in [6.45, 7) is 6.85. The molecule has 2 aromatic carbocycles. The molecule has 8 nitrogen and oxygen atoms in total. The van der Waals surface area contributed by atoms with Crippen LogP contribution in [-0.4, -0.2) is 30.3 Å². The van der Waals surface area contributed by atoms with Crippen LogP contribution in [0.4, 0.5) is 5.69 Å². The van der Waals surface area contributed by atoms with Crippen LogP contribution in [0.15, 0.2) is 41.5 Å². The average Bonchev–Trinajstić information content (AvgIpc) is 2.67. The lowest BCUT2D eigenvalue weighted by molar-refractivity contribution is -0.384. The standard InChI is InChI=1S/C20H22ClN3O5/c1-4-28-18-10-14(9-17(21)19(18)29-12-13(2)3)11-22-23-20(25)15-5-7-16(8-6-15)24(26)27/h5-11,13H,4,12H2,1-3H3,(H,23,25)/b22-11+. The maximum absolute atomic E-state index is 12.1. The van der Waals surface area contributed by atoms with Gasteiger partial charge in [-0.2, -0.15) is 5.10 Å². The molecule has 0 aromatic heterocycles. The first-order valence-corrected chi connectivity index (χ1v) is 9.36. The highest BCUT2D eigenvalue weighted by Crippen LogP contribution is 2.36. The smallest absolute Gasteiger partial charge is 0.271 e. The van der Waals surface area contributed by atoms with Crippen LogP contribution in [0.1, 0.15) is 36.7 Å². The number of amides is 1. The van der Waals surface area contributed by atoms with Crippen molar-refractivity contribution in [2.75, 3.05) is 13.2 Å². The number of rotatable bonds is 9. The summed E-state index contributed by atoms with van der Waals surface area (Å²) in [5.74, 6) is 0.790. The number of nitro benzene ring substituents is 1. The zero-order valence-corrected chi connectivity index (χ0v) is 17.1. The van der Waals surface area contributed by atoms with Crippen molar-refractivity contribution in [3.8, 4) is 11.5 Å². The Morgan fingerprint density at radius 2 is 1.97 bits per heavy atom. The van der Waals surface area contributed by atoms with Crippen molar-refractivity contribution in [3.63, 3.8) is 0 Å². The number of hydrazone groups is 1. The van der Waals surface area contributed by atoms with Gasteiger partial charge in [0.15, 0.2) is 11.5 Å². The van der Waals surface area contributed by atoms with E-state index in [0.717, 1.165) is 0 Å². The molecule has 29 heavy (non-hydrogen) atoms. The van der Waals surface area contributed by atoms with E-state index in [1.807, 2.05) is 20.8 Å². The second-order valence-electron chi connectivity index (χ2n) is 6.47. The molecule has 9 heteroatoms. The molecule has 0 aliphatic carbocycles. The van der Waals surface area contributed by atoms with Gasteiger partial charge in [0.2, 0.25) is 0 Å². The summed E-state index contributed by atoms with van der Waals surface area (Å²) < 4.78 is 11.3. The zero-order chi connectivity index (χ0) is 21.4. The van der Waals surface area contributed by atoms with Gasteiger partial charge in [-0.05, 0) is 42.7 Å². The van der Waals surface area contributed by atoms with E-state index in [1.165, 1.54) is 30.5 Å². The third-order valence-corrected chi connectivity index (χ3v) is 3.89. The van der Waals surface area contributed by atoms with Gasteiger partial charge in [0.05, 0.1) is 29.4 Å². The van der Waals surface area contributed by atoms with Crippen LogP contribution in [-0.2, 0) is 0 Å². The molecule has 0 bridgehead atoms. The fourth-order valence-corrected chi connectivity index (χ4v) is 2.55. The molecule has 0 aliphatic rings. The summed E-state index contributed by atoms with van der Waals surface area (Å²) in [7, 11) is 0. The Morgan fingerprint density at radius 1 is 1.28 bits per heavy atom. The summed E-state index contributed by atoms with van der Waals surface area (Å²) in [4.78, 5) is 22.2. The van der Waals surface area contributed by atoms with Gasteiger partial charge in [-0.3, -0.25) is 14.9 Å². The Balaban J connectivity index is 2.10. The molecule has 154 valence electrons. The molecule has 2 rings (SSSR count). The van der Waals surface area contributed by atoms with Crippen LogP contribution in [0, 0.1) is 16.0 Å². The van der Waals surface area contributed by atoms with Gasteiger partial charge in [-0.15, -0.1) is 0 Å². The molecule has 1 N–H and O–H groups in total.